The largest absolute Gasteiger partial charge is 0.547 e. The van der Waals surface area contributed by atoms with Crippen LogP contribution in [0.15, 0.2) is 11.8 Å². The molecule has 1 aliphatic rings. The van der Waals surface area contributed by atoms with Crippen molar-refractivity contribution in [3.8, 4) is 0 Å². The first-order valence-electron chi connectivity index (χ1n) is 9.67. The Morgan fingerprint density at radius 3 is 2.12 bits per heavy atom. The van der Waals surface area contributed by atoms with Crippen molar-refractivity contribution in [2.75, 3.05) is 6.61 Å². The second-order valence-corrected chi connectivity index (χ2v) is 18.2. The van der Waals surface area contributed by atoms with Gasteiger partial charge in [0.15, 0.2) is 8.32 Å². The molecular formula is C19H40O3Si2. The SMILES string of the molecule is CC[Si](CC)(CC)OC1=C[C@H](C)O[C@H](CO[Si](C)(C)C(C)(C)C)C1. The van der Waals surface area contributed by atoms with Crippen molar-refractivity contribution in [1.82, 2.24) is 0 Å². The van der Waals surface area contributed by atoms with E-state index in [9.17, 15) is 0 Å². The zero-order valence-electron chi connectivity index (χ0n) is 17.5. The average Bonchev–Trinajstić information content (AvgIpc) is 2.49. The topological polar surface area (TPSA) is 27.7 Å². The summed E-state index contributed by atoms with van der Waals surface area (Å²) in [5, 5.41) is 0.233. The van der Waals surface area contributed by atoms with E-state index >= 15 is 0 Å². The minimum atomic E-state index is -1.73. The van der Waals surface area contributed by atoms with Crippen LogP contribution in [0.2, 0.25) is 36.3 Å². The van der Waals surface area contributed by atoms with E-state index in [2.05, 4.69) is 67.6 Å². The van der Waals surface area contributed by atoms with Gasteiger partial charge < -0.3 is 13.6 Å². The molecule has 24 heavy (non-hydrogen) atoms. The lowest BCUT2D eigenvalue weighted by Crippen LogP contribution is -2.44. The number of hydrogen-bond acceptors (Lipinski definition) is 3. The molecule has 0 spiro atoms. The highest BCUT2D eigenvalue weighted by Crippen LogP contribution is 2.37. The number of ether oxygens (including phenoxy) is 1. The highest BCUT2D eigenvalue weighted by Gasteiger charge is 2.39. The van der Waals surface area contributed by atoms with Gasteiger partial charge in [-0.15, -0.1) is 0 Å². The lowest BCUT2D eigenvalue weighted by molar-refractivity contribution is -0.0243. The summed E-state index contributed by atoms with van der Waals surface area (Å²) in [6.45, 7) is 21.1. The van der Waals surface area contributed by atoms with Crippen molar-refractivity contribution in [2.45, 2.75) is 103 Å². The maximum absolute atomic E-state index is 6.60. The molecule has 142 valence electrons. The molecular weight excluding hydrogens is 332 g/mol. The number of rotatable bonds is 8. The Labute approximate surface area is 152 Å². The minimum absolute atomic E-state index is 0.110. The van der Waals surface area contributed by atoms with Gasteiger partial charge in [-0.1, -0.05) is 41.5 Å². The average molecular weight is 373 g/mol. The van der Waals surface area contributed by atoms with Gasteiger partial charge in [-0.2, -0.15) is 0 Å². The third-order valence-electron chi connectivity index (χ3n) is 5.97. The summed E-state index contributed by atoms with van der Waals surface area (Å²) in [5.74, 6) is 1.15. The van der Waals surface area contributed by atoms with E-state index in [1.54, 1.807) is 0 Å². The van der Waals surface area contributed by atoms with Gasteiger partial charge in [0.1, 0.15) is 0 Å². The van der Waals surface area contributed by atoms with E-state index in [0.717, 1.165) is 12.2 Å². The summed E-state index contributed by atoms with van der Waals surface area (Å²) < 4.78 is 19.1. The van der Waals surface area contributed by atoms with Crippen LogP contribution in [0.3, 0.4) is 0 Å². The van der Waals surface area contributed by atoms with Crippen LogP contribution in [-0.2, 0) is 13.6 Å². The van der Waals surface area contributed by atoms with E-state index in [0.29, 0.717) is 6.61 Å². The molecule has 0 aromatic heterocycles. The van der Waals surface area contributed by atoms with E-state index < -0.39 is 16.6 Å². The maximum atomic E-state index is 6.60. The smallest absolute Gasteiger partial charge is 0.250 e. The van der Waals surface area contributed by atoms with Crippen LogP contribution in [0.4, 0.5) is 0 Å². The summed E-state index contributed by atoms with van der Waals surface area (Å²) in [4.78, 5) is 0. The van der Waals surface area contributed by atoms with Gasteiger partial charge >= 0.3 is 0 Å². The Morgan fingerprint density at radius 1 is 1.12 bits per heavy atom. The standard InChI is InChI=1S/C19H40O3Si2/c1-10-24(11-2,12-3)22-17-13-16(4)21-18(14-17)15-20-23(8,9)19(5,6)7/h13,16,18H,10-12,14-15H2,1-9H3/t16-,18-/m0/s1. The summed E-state index contributed by atoms with van der Waals surface area (Å²) >= 11 is 0. The molecule has 0 saturated carbocycles. The van der Waals surface area contributed by atoms with Gasteiger partial charge in [-0.05, 0) is 49.3 Å². The Balaban J connectivity index is 2.71. The lowest BCUT2D eigenvalue weighted by atomic mass is 10.1. The zero-order chi connectivity index (χ0) is 18.6. The normalized spacial score (nSPS) is 23.1. The fourth-order valence-corrected chi connectivity index (χ4v) is 6.56. The number of hydrogen-bond donors (Lipinski definition) is 0. The van der Waals surface area contributed by atoms with Gasteiger partial charge in [0.25, 0.3) is 0 Å². The monoisotopic (exact) mass is 372 g/mol. The molecule has 0 aromatic rings. The molecule has 0 radical (unpaired) electrons. The molecule has 0 saturated heterocycles. The molecule has 1 heterocycles. The molecule has 0 unspecified atom stereocenters. The third-order valence-corrected chi connectivity index (χ3v) is 15.0. The van der Waals surface area contributed by atoms with Gasteiger partial charge in [-0.3, -0.25) is 0 Å². The Kier molecular flexibility index (Phi) is 7.79. The predicted molar refractivity (Wildman–Crippen MR) is 108 cm³/mol. The van der Waals surface area contributed by atoms with Gasteiger partial charge in [0.2, 0.25) is 8.32 Å². The third kappa shape index (κ3) is 5.72. The first-order chi connectivity index (χ1) is 11.0. The van der Waals surface area contributed by atoms with Crippen molar-refractivity contribution in [2.24, 2.45) is 0 Å². The minimum Gasteiger partial charge on any atom is -0.547 e. The van der Waals surface area contributed by atoms with E-state index in [1.807, 2.05) is 0 Å². The van der Waals surface area contributed by atoms with E-state index in [1.165, 1.54) is 18.1 Å². The first-order valence-corrected chi connectivity index (χ1v) is 15.1. The van der Waals surface area contributed by atoms with Crippen molar-refractivity contribution < 1.29 is 13.6 Å². The molecule has 0 fully saturated rings. The molecule has 1 aliphatic heterocycles. The van der Waals surface area contributed by atoms with Crippen LogP contribution < -0.4 is 0 Å². The molecule has 5 heteroatoms. The van der Waals surface area contributed by atoms with Gasteiger partial charge in [-0.25, -0.2) is 0 Å². The van der Waals surface area contributed by atoms with Crippen LogP contribution in [0.25, 0.3) is 0 Å². The molecule has 3 nitrogen and oxygen atoms in total. The fourth-order valence-electron chi connectivity index (χ4n) is 2.88. The molecule has 0 aromatic carbocycles. The van der Waals surface area contributed by atoms with Crippen LogP contribution in [0.1, 0.15) is 54.9 Å². The predicted octanol–water partition coefficient (Wildman–Crippen LogP) is 6.09. The summed E-state index contributed by atoms with van der Waals surface area (Å²) in [7, 11) is -3.34. The lowest BCUT2D eigenvalue weighted by Gasteiger charge is -2.39. The van der Waals surface area contributed by atoms with Crippen molar-refractivity contribution in [3.63, 3.8) is 0 Å². The quantitative estimate of drug-likeness (QED) is 0.482. The maximum Gasteiger partial charge on any atom is 0.250 e. The zero-order valence-corrected chi connectivity index (χ0v) is 19.5. The van der Waals surface area contributed by atoms with Crippen molar-refractivity contribution >= 4 is 16.6 Å². The molecule has 2 atom stereocenters. The highest BCUT2D eigenvalue weighted by molar-refractivity contribution is 6.74. The Bertz CT molecular complexity index is 415. The van der Waals surface area contributed by atoms with E-state index in [-0.39, 0.29) is 17.2 Å². The van der Waals surface area contributed by atoms with Gasteiger partial charge in [0, 0.05) is 6.42 Å². The first kappa shape index (κ1) is 21.9. The van der Waals surface area contributed by atoms with Crippen LogP contribution in [0, 0.1) is 0 Å². The molecule has 0 bridgehead atoms. The highest BCUT2D eigenvalue weighted by atomic mass is 28.4. The summed E-state index contributed by atoms with van der Waals surface area (Å²) in [6, 6.07) is 3.53. The second-order valence-electron chi connectivity index (χ2n) is 8.72. The Morgan fingerprint density at radius 2 is 1.67 bits per heavy atom. The molecule has 1 rings (SSSR count). The van der Waals surface area contributed by atoms with Crippen LogP contribution >= 0.6 is 0 Å². The molecule has 0 aliphatic carbocycles. The molecule has 0 N–H and O–H groups in total. The summed E-state index contributed by atoms with van der Waals surface area (Å²) in [5.41, 5.74) is 0. The van der Waals surface area contributed by atoms with E-state index in [4.69, 9.17) is 13.6 Å². The van der Waals surface area contributed by atoms with Crippen molar-refractivity contribution in [1.29, 1.82) is 0 Å². The van der Waals surface area contributed by atoms with Crippen LogP contribution in [0.5, 0.6) is 0 Å². The Hall–Kier alpha value is -0.106. The van der Waals surface area contributed by atoms with Gasteiger partial charge in [0.05, 0.1) is 24.6 Å². The van der Waals surface area contributed by atoms with Crippen LogP contribution in [-0.4, -0.2) is 35.4 Å². The van der Waals surface area contributed by atoms with Crippen molar-refractivity contribution in [3.05, 3.63) is 11.8 Å². The summed E-state index contributed by atoms with van der Waals surface area (Å²) in [6.07, 6.45) is 3.25. The second kappa shape index (κ2) is 8.52. The molecule has 0 amide bonds. The fraction of sp³-hybridized carbons (Fsp3) is 0.895.